The lowest BCUT2D eigenvalue weighted by Crippen LogP contribution is -2.10. The van der Waals surface area contributed by atoms with Crippen molar-refractivity contribution in [3.8, 4) is 0 Å². The predicted molar refractivity (Wildman–Crippen MR) is 86.5 cm³/mol. The zero-order chi connectivity index (χ0) is 16.2. The van der Waals surface area contributed by atoms with Crippen LogP contribution < -0.4 is 0 Å². The standard InChI is InChI=1S/C17H23ClO4/c1-2-11-21-16(19)14-8-7-9-15(13-14)17(20)22-12-6-4-3-5-10-18/h7-9,13H,2-6,10-12H2,1H3. The maximum absolute atomic E-state index is 11.9. The minimum Gasteiger partial charge on any atom is -0.462 e. The van der Waals surface area contributed by atoms with E-state index < -0.39 is 11.9 Å². The summed E-state index contributed by atoms with van der Waals surface area (Å²) in [4.78, 5) is 23.7. The van der Waals surface area contributed by atoms with Crippen molar-refractivity contribution in [2.75, 3.05) is 19.1 Å². The van der Waals surface area contributed by atoms with Gasteiger partial charge >= 0.3 is 11.9 Å². The molecule has 4 nitrogen and oxygen atoms in total. The van der Waals surface area contributed by atoms with Crippen LogP contribution in [0.1, 0.15) is 59.7 Å². The number of benzene rings is 1. The third-order valence-corrected chi connectivity index (χ3v) is 3.30. The van der Waals surface area contributed by atoms with E-state index in [1.54, 1.807) is 18.2 Å². The monoisotopic (exact) mass is 326 g/mol. The Morgan fingerprint density at radius 3 is 2.14 bits per heavy atom. The van der Waals surface area contributed by atoms with Crippen molar-refractivity contribution in [2.45, 2.75) is 39.0 Å². The van der Waals surface area contributed by atoms with E-state index >= 15 is 0 Å². The molecule has 0 bridgehead atoms. The van der Waals surface area contributed by atoms with Crippen molar-refractivity contribution in [2.24, 2.45) is 0 Å². The first-order chi connectivity index (χ1) is 10.7. The van der Waals surface area contributed by atoms with Crippen LogP contribution in [0.3, 0.4) is 0 Å². The topological polar surface area (TPSA) is 52.6 Å². The maximum atomic E-state index is 11.9. The normalized spacial score (nSPS) is 10.3. The van der Waals surface area contributed by atoms with Crippen molar-refractivity contribution >= 4 is 23.5 Å². The lowest BCUT2D eigenvalue weighted by molar-refractivity contribution is 0.0497. The number of alkyl halides is 1. The van der Waals surface area contributed by atoms with E-state index in [1.807, 2.05) is 6.92 Å². The van der Waals surface area contributed by atoms with E-state index in [0.717, 1.165) is 32.1 Å². The van der Waals surface area contributed by atoms with E-state index in [2.05, 4.69) is 0 Å². The molecule has 0 aliphatic rings. The van der Waals surface area contributed by atoms with E-state index in [1.165, 1.54) is 6.07 Å². The quantitative estimate of drug-likeness (QED) is 0.367. The number of rotatable bonds is 10. The molecule has 5 heteroatoms. The second-order valence-electron chi connectivity index (χ2n) is 4.96. The summed E-state index contributed by atoms with van der Waals surface area (Å²) in [5.41, 5.74) is 0.733. The van der Waals surface area contributed by atoms with Gasteiger partial charge in [0.1, 0.15) is 0 Å². The average molecular weight is 327 g/mol. The van der Waals surface area contributed by atoms with Gasteiger partial charge in [-0.2, -0.15) is 0 Å². The van der Waals surface area contributed by atoms with E-state index in [-0.39, 0.29) is 0 Å². The number of esters is 2. The molecule has 0 aromatic heterocycles. The highest BCUT2D eigenvalue weighted by molar-refractivity contribution is 6.17. The zero-order valence-corrected chi connectivity index (χ0v) is 13.7. The molecule has 0 spiro atoms. The molecule has 0 atom stereocenters. The van der Waals surface area contributed by atoms with E-state index in [9.17, 15) is 9.59 Å². The van der Waals surface area contributed by atoms with E-state index in [0.29, 0.717) is 30.2 Å². The number of hydrogen-bond acceptors (Lipinski definition) is 4. The molecule has 0 radical (unpaired) electrons. The zero-order valence-electron chi connectivity index (χ0n) is 13.0. The summed E-state index contributed by atoms with van der Waals surface area (Å²) in [6, 6.07) is 6.42. The number of carbonyl (C=O) groups is 2. The fourth-order valence-electron chi connectivity index (χ4n) is 1.85. The average Bonchev–Trinajstić information content (AvgIpc) is 2.55. The fraction of sp³-hybridized carbons (Fsp3) is 0.529. The van der Waals surface area contributed by atoms with Crippen LogP contribution in [0.4, 0.5) is 0 Å². The van der Waals surface area contributed by atoms with Crippen LogP contribution in [0, 0.1) is 0 Å². The molecule has 0 fully saturated rings. The SMILES string of the molecule is CCCOC(=O)c1cccc(C(=O)OCCCCCCCl)c1. The molecular formula is C17H23ClO4. The summed E-state index contributed by atoms with van der Waals surface area (Å²) in [6.07, 6.45) is 4.60. The molecule has 1 aromatic carbocycles. The summed E-state index contributed by atoms with van der Waals surface area (Å²) in [5.74, 6) is -0.166. The highest BCUT2D eigenvalue weighted by Crippen LogP contribution is 2.09. The van der Waals surface area contributed by atoms with Gasteiger partial charge < -0.3 is 9.47 Å². The summed E-state index contributed by atoms with van der Waals surface area (Å²) in [6.45, 7) is 2.68. The minimum atomic E-state index is -0.419. The van der Waals surface area contributed by atoms with Crippen LogP contribution in [-0.4, -0.2) is 31.0 Å². The molecule has 1 aromatic rings. The molecule has 0 unspecified atom stereocenters. The Labute approximate surface area is 136 Å². The van der Waals surface area contributed by atoms with Crippen LogP contribution in [0.15, 0.2) is 24.3 Å². The number of halogens is 1. The molecule has 122 valence electrons. The highest BCUT2D eigenvalue weighted by Gasteiger charge is 2.12. The Morgan fingerprint density at radius 2 is 1.55 bits per heavy atom. The van der Waals surface area contributed by atoms with Gasteiger partial charge in [-0.25, -0.2) is 9.59 Å². The lowest BCUT2D eigenvalue weighted by atomic mass is 10.1. The first-order valence-corrected chi connectivity index (χ1v) is 8.22. The minimum absolute atomic E-state index is 0.366. The van der Waals surface area contributed by atoms with E-state index in [4.69, 9.17) is 21.1 Å². The lowest BCUT2D eigenvalue weighted by Gasteiger charge is -2.07. The van der Waals surface area contributed by atoms with Crippen molar-refractivity contribution < 1.29 is 19.1 Å². The fourth-order valence-corrected chi connectivity index (χ4v) is 2.04. The molecule has 0 amide bonds. The van der Waals surface area contributed by atoms with Crippen LogP contribution >= 0.6 is 11.6 Å². The first kappa shape index (κ1) is 18.5. The number of carbonyl (C=O) groups excluding carboxylic acids is 2. The van der Waals surface area contributed by atoms with Gasteiger partial charge in [0.25, 0.3) is 0 Å². The van der Waals surface area contributed by atoms with Crippen LogP contribution in [-0.2, 0) is 9.47 Å². The second kappa shape index (κ2) is 11.1. The second-order valence-corrected chi connectivity index (χ2v) is 5.33. The van der Waals surface area contributed by atoms with Crippen molar-refractivity contribution in [3.05, 3.63) is 35.4 Å². The smallest absolute Gasteiger partial charge is 0.338 e. The Hall–Kier alpha value is -1.55. The van der Waals surface area contributed by atoms with Gasteiger partial charge in [-0.1, -0.05) is 25.8 Å². The van der Waals surface area contributed by atoms with Crippen LogP contribution in [0.5, 0.6) is 0 Å². The van der Waals surface area contributed by atoms with Gasteiger partial charge in [-0.05, 0) is 37.5 Å². The molecule has 0 heterocycles. The molecule has 0 saturated heterocycles. The molecule has 22 heavy (non-hydrogen) atoms. The van der Waals surface area contributed by atoms with Gasteiger partial charge in [-0.15, -0.1) is 11.6 Å². The predicted octanol–water partition coefficient (Wildman–Crippen LogP) is 4.21. The molecule has 0 aliphatic carbocycles. The van der Waals surface area contributed by atoms with Crippen LogP contribution in [0.25, 0.3) is 0 Å². The number of hydrogen-bond donors (Lipinski definition) is 0. The summed E-state index contributed by atoms with van der Waals surface area (Å²) in [5, 5.41) is 0. The largest absolute Gasteiger partial charge is 0.462 e. The molecule has 0 N–H and O–H groups in total. The third-order valence-electron chi connectivity index (χ3n) is 3.03. The third kappa shape index (κ3) is 6.94. The van der Waals surface area contributed by atoms with Gasteiger partial charge in [0.05, 0.1) is 24.3 Å². The highest BCUT2D eigenvalue weighted by atomic mass is 35.5. The Bertz CT molecular complexity index is 473. The summed E-state index contributed by atoms with van der Waals surface area (Å²) in [7, 11) is 0. The van der Waals surface area contributed by atoms with Gasteiger partial charge in [0, 0.05) is 5.88 Å². The van der Waals surface area contributed by atoms with Crippen LogP contribution in [0.2, 0.25) is 0 Å². The molecule has 0 saturated carbocycles. The summed E-state index contributed by atoms with van der Waals surface area (Å²) >= 11 is 5.59. The van der Waals surface area contributed by atoms with Gasteiger partial charge in [0.2, 0.25) is 0 Å². The molecular weight excluding hydrogens is 304 g/mol. The molecule has 1 rings (SSSR count). The molecule has 0 aliphatic heterocycles. The number of ether oxygens (including phenoxy) is 2. The summed E-state index contributed by atoms with van der Waals surface area (Å²) < 4.78 is 10.2. The Balaban J connectivity index is 2.43. The van der Waals surface area contributed by atoms with Crippen molar-refractivity contribution in [3.63, 3.8) is 0 Å². The number of unbranched alkanes of at least 4 members (excludes halogenated alkanes) is 3. The van der Waals surface area contributed by atoms with Gasteiger partial charge in [0.15, 0.2) is 0 Å². The Morgan fingerprint density at radius 1 is 0.955 bits per heavy atom. The van der Waals surface area contributed by atoms with Crippen molar-refractivity contribution in [1.82, 2.24) is 0 Å². The van der Waals surface area contributed by atoms with Gasteiger partial charge in [-0.3, -0.25) is 0 Å². The van der Waals surface area contributed by atoms with Crippen molar-refractivity contribution in [1.29, 1.82) is 0 Å². The maximum Gasteiger partial charge on any atom is 0.338 e. The first-order valence-electron chi connectivity index (χ1n) is 7.69. The Kier molecular flexibility index (Phi) is 9.31.